The van der Waals surface area contributed by atoms with Crippen molar-refractivity contribution in [2.45, 2.75) is 6.92 Å². The van der Waals surface area contributed by atoms with Gasteiger partial charge in [-0.05, 0) is 30.7 Å². The third-order valence-corrected chi connectivity index (χ3v) is 3.27. The van der Waals surface area contributed by atoms with E-state index in [1.807, 2.05) is 20.0 Å². The Hall–Kier alpha value is -2.43. The second-order valence-corrected chi connectivity index (χ2v) is 4.67. The van der Waals surface area contributed by atoms with Gasteiger partial charge in [0.2, 0.25) is 0 Å². The molecular formula is C15H14FN3O. The number of hydrogen-bond acceptors (Lipinski definition) is 3. The number of nitrogens with zero attached hydrogens (tertiary/aromatic N) is 3. The van der Waals surface area contributed by atoms with Crippen LogP contribution in [0.4, 0.5) is 4.39 Å². The number of halogens is 1. The molecule has 102 valence electrons. The number of imidazole rings is 1. The second-order valence-electron chi connectivity index (χ2n) is 4.67. The number of ether oxygens (including phenoxy) is 1. The maximum atomic E-state index is 14.3. The highest BCUT2D eigenvalue weighted by atomic mass is 19.1. The van der Waals surface area contributed by atoms with Gasteiger partial charge in [0.05, 0.1) is 12.7 Å². The Labute approximate surface area is 115 Å². The fourth-order valence-corrected chi connectivity index (χ4v) is 2.26. The van der Waals surface area contributed by atoms with E-state index in [0.29, 0.717) is 11.4 Å². The van der Waals surface area contributed by atoms with Gasteiger partial charge in [-0.15, -0.1) is 0 Å². The molecular weight excluding hydrogens is 257 g/mol. The van der Waals surface area contributed by atoms with Crippen molar-refractivity contribution in [3.8, 4) is 17.1 Å². The average Bonchev–Trinajstić information content (AvgIpc) is 2.75. The number of rotatable bonds is 2. The van der Waals surface area contributed by atoms with Crippen LogP contribution in [0.3, 0.4) is 0 Å². The molecule has 0 radical (unpaired) electrons. The average molecular weight is 271 g/mol. The van der Waals surface area contributed by atoms with Gasteiger partial charge in [-0.2, -0.15) is 0 Å². The van der Waals surface area contributed by atoms with Crippen LogP contribution in [0.25, 0.3) is 22.6 Å². The summed E-state index contributed by atoms with van der Waals surface area (Å²) in [4.78, 5) is 8.83. The molecule has 20 heavy (non-hydrogen) atoms. The van der Waals surface area contributed by atoms with Crippen LogP contribution in [0.5, 0.6) is 5.75 Å². The first-order valence-corrected chi connectivity index (χ1v) is 6.23. The van der Waals surface area contributed by atoms with Crippen LogP contribution in [0, 0.1) is 12.7 Å². The van der Waals surface area contributed by atoms with Gasteiger partial charge in [0.15, 0.2) is 17.2 Å². The molecule has 0 amide bonds. The molecule has 0 atom stereocenters. The van der Waals surface area contributed by atoms with E-state index in [2.05, 4.69) is 9.97 Å². The Morgan fingerprint density at radius 2 is 2.10 bits per heavy atom. The molecule has 0 fully saturated rings. The summed E-state index contributed by atoms with van der Waals surface area (Å²) in [5.74, 6) is 0.332. The van der Waals surface area contributed by atoms with Gasteiger partial charge >= 0.3 is 0 Å². The zero-order valence-electron chi connectivity index (χ0n) is 11.5. The summed E-state index contributed by atoms with van der Waals surface area (Å²) in [5.41, 5.74) is 2.91. The minimum atomic E-state index is -0.412. The predicted molar refractivity (Wildman–Crippen MR) is 75.2 cm³/mol. The molecule has 1 aromatic carbocycles. The molecule has 0 unspecified atom stereocenters. The van der Waals surface area contributed by atoms with E-state index < -0.39 is 5.82 Å². The summed E-state index contributed by atoms with van der Waals surface area (Å²) in [7, 11) is 3.27. The molecule has 0 N–H and O–H groups in total. The number of aryl methyl sites for hydroxylation is 2. The molecule has 0 bridgehead atoms. The van der Waals surface area contributed by atoms with E-state index in [4.69, 9.17) is 4.74 Å². The highest BCUT2D eigenvalue weighted by Crippen LogP contribution is 2.29. The maximum absolute atomic E-state index is 14.3. The quantitative estimate of drug-likeness (QED) is 0.719. The molecule has 0 aliphatic rings. The predicted octanol–water partition coefficient (Wildman–Crippen LogP) is 3.09. The Kier molecular flexibility index (Phi) is 2.89. The van der Waals surface area contributed by atoms with Crippen LogP contribution in [0.1, 0.15) is 5.56 Å². The normalized spacial score (nSPS) is 11.0. The third-order valence-electron chi connectivity index (χ3n) is 3.27. The number of hydrogen-bond donors (Lipinski definition) is 0. The monoisotopic (exact) mass is 271 g/mol. The van der Waals surface area contributed by atoms with Gasteiger partial charge in [-0.1, -0.05) is 6.07 Å². The van der Waals surface area contributed by atoms with E-state index in [0.717, 1.165) is 16.7 Å². The van der Waals surface area contributed by atoms with Gasteiger partial charge < -0.3 is 9.30 Å². The fraction of sp³-hybridized carbons (Fsp3) is 0.200. The molecule has 0 aliphatic heterocycles. The number of methoxy groups -OCH3 is 1. The molecule has 2 aromatic heterocycles. The third kappa shape index (κ3) is 1.82. The van der Waals surface area contributed by atoms with Crippen molar-refractivity contribution in [1.29, 1.82) is 0 Å². The number of fused-ring (bicyclic) bond motifs is 1. The number of aromatic nitrogens is 3. The molecule has 0 aliphatic carbocycles. The van der Waals surface area contributed by atoms with E-state index in [1.54, 1.807) is 29.0 Å². The van der Waals surface area contributed by atoms with Gasteiger partial charge in [0, 0.05) is 13.2 Å². The van der Waals surface area contributed by atoms with Crippen molar-refractivity contribution in [2.24, 2.45) is 7.05 Å². The summed E-state index contributed by atoms with van der Waals surface area (Å²) >= 11 is 0. The van der Waals surface area contributed by atoms with Crippen LogP contribution in [0.2, 0.25) is 0 Å². The van der Waals surface area contributed by atoms with Gasteiger partial charge in [-0.25, -0.2) is 14.4 Å². The van der Waals surface area contributed by atoms with Crippen molar-refractivity contribution in [3.63, 3.8) is 0 Å². The topological polar surface area (TPSA) is 39.9 Å². The van der Waals surface area contributed by atoms with Crippen molar-refractivity contribution < 1.29 is 9.13 Å². The molecule has 3 aromatic rings. The van der Waals surface area contributed by atoms with Crippen LogP contribution in [-0.4, -0.2) is 21.6 Å². The minimum absolute atomic E-state index is 0.207. The summed E-state index contributed by atoms with van der Waals surface area (Å²) < 4.78 is 21.1. The first-order chi connectivity index (χ1) is 9.61. The molecule has 5 heteroatoms. The minimum Gasteiger partial charge on any atom is -0.494 e. The highest BCUT2D eigenvalue weighted by Gasteiger charge is 2.17. The summed E-state index contributed by atoms with van der Waals surface area (Å²) in [5, 5.41) is 0. The van der Waals surface area contributed by atoms with Crippen molar-refractivity contribution in [3.05, 3.63) is 41.8 Å². The fourth-order valence-electron chi connectivity index (χ4n) is 2.26. The smallest absolute Gasteiger partial charge is 0.175 e. The summed E-state index contributed by atoms with van der Waals surface area (Å²) in [6.07, 6.45) is 1.77. The standard InChI is InChI=1S/C15H14FN3O/c1-9-7-11-15(17-8-9)19(2)14(18-11)10-5-4-6-12(20-3)13(10)16/h4-8H,1-3H3. The summed E-state index contributed by atoms with van der Waals surface area (Å²) in [6.45, 7) is 1.95. The Morgan fingerprint density at radius 1 is 1.30 bits per heavy atom. The van der Waals surface area contributed by atoms with Gasteiger partial charge in [-0.3, -0.25) is 0 Å². The lowest BCUT2D eigenvalue weighted by Crippen LogP contribution is -1.97. The van der Waals surface area contributed by atoms with E-state index in [-0.39, 0.29) is 5.75 Å². The molecule has 2 heterocycles. The Bertz CT molecular complexity index is 795. The highest BCUT2D eigenvalue weighted by molar-refractivity contribution is 5.78. The van der Waals surface area contributed by atoms with Gasteiger partial charge in [0.1, 0.15) is 11.3 Å². The Balaban J connectivity index is 2.27. The Morgan fingerprint density at radius 3 is 2.85 bits per heavy atom. The van der Waals surface area contributed by atoms with Crippen LogP contribution >= 0.6 is 0 Å². The lowest BCUT2D eigenvalue weighted by Gasteiger charge is -2.07. The first-order valence-electron chi connectivity index (χ1n) is 6.23. The largest absolute Gasteiger partial charge is 0.494 e. The van der Waals surface area contributed by atoms with Crippen molar-refractivity contribution in [2.75, 3.05) is 7.11 Å². The lowest BCUT2D eigenvalue weighted by molar-refractivity contribution is 0.387. The number of pyridine rings is 1. The van der Waals surface area contributed by atoms with E-state index in [1.165, 1.54) is 7.11 Å². The van der Waals surface area contributed by atoms with Crippen LogP contribution < -0.4 is 4.74 Å². The SMILES string of the molecule is COc1cccc(-c2nc3cc(C)cnc3n2C)c1F. The van der Waals surface area contributed by atoms with E-state index >= 15 is 0 Å². The van der Waals surface area contributed by atoms with Crippen molar-refractivity contribution in [1.82, 2.24) is 14.5 Å². The number of benzene rings is 1. The zero-order valence-corrected chi connectivity index (χ0v) is 11.5. The van der Waals surface area contributed by atoms with Crippen LogP contribution in [0.15, 0.2) is 30.5 Å². The van der Waals surface area contributed by atoms with Gasteiger partial charge in [0.25, 0.3) is 0 Å². The molecule has 0 spiro atoms. The van der Waals surface area contributed by atoms with E-state index in [9.17, 15) is 4.39 Å². The maximum Gasteiger partial charge on any atom is 0.175 e. The lowest BCUT2D eigenvalue weighted by atomic mass is 10.2. The summed E-state index contributed by atoms with van der Waals surface area (Å²) in [6, 6.07) is 6.95. The zero-order chi connectivity index (χ0) is 14.3. The molecule has 3 rings (SSSR count). The molecule has 0 saturated carbocycles. The van der Waals surface area contributed by atoms with Crippen molar-refractivity contribution >= 4 is 11.2 Å². The molecule has 0 saturated heterocycles. The van der Waals surface area contributed by atoms with Crippen LogP contribution in [-0.2, 0) is 7.05 Å². The first kappa shape index (κ1) is 12.6. The second kappa shape index (κ2) is 4.59. The molecule has 4 nitrogen and oxygen atoms in total.